The lowest BCUT2D eigenvalue weighted by Gasteiger charge is -2.66. The average molecular weight is 605 g/mol. The van der Waals surface area contributed by atoms with Crippen molar-refractivity contribution in [2.45, 2.75) is 101 Å². The van der Waals surface area contributed by atoms with Crippen LogP contribution in [0.15, 0.2) is 48.7 Å². The number of hydrogen-bond donors (Lipinski definition) is 0. The van der Waals surface area contributed by atoms with E-state index in [1.54, 1.807) is 18.3 Å². The topological polar surface area (TPSA) is 60.2 Å². The Morgan fingerprint density at radius 2 is 1.66 bits per heavy atom. The molecule has 10 rings (SSSR count). The monoisotopic (exact) mass is 604 g/mol. The van der Waals surface area contributed by atoms with Crippen LogP contribution in [0.5, 0.6) is 5.75 Å². The number of rotatable bonds is 10. The van der Waals surface area contributed by atoms with Crippen LogP contribution in [-0.4, -0.2) is 39.5 Å². The Labute approximate surface area is 256 Å². The van der Waals surface area contributed by atoms with E-state index in [0.29, 0.717) is 44.0 Å². The quantitative estimate of drug-likeness (QED) is 0.236. The molecule has 7 saturated carbocycles. The highest BCUT2D eigenvalue weighted by Gasteiger charge is 2.69. The van der Waals surface area contributed by atoms with Gasteiger partial charge in [0.15, 0.2) is 0 Å². The predicted octanol–water partition coefficient (Wildman–Crippen LogP) is 7.87. The highest BCUT2D eigenvalue weighted by Crippen LogP contribution is 2.71. The van der Waals surface area contributed by atoms with Crippen molar-refractivity contribution in [3.63, 3.8) is 0 Å². The van der Waals surface area contributed by atoms with E-state index in [1.807, 2.05) is 17.0 Å². The summed E-state index contributed by atoms with van der Waals surface area (Å²) >= 11 is 0. The van der Waals surface area contributed by atoms with Gasteiger partial charge in [-0.2, -0.15) is 13.9 Å². The molecule has 9 heteroatoms. The van der Waals surface area contributed by atoms with Crippen LogP contribution in [0.25, 0.3) is 11.1 Å². The van der Waals surface area contributed by atoms with Gasteiger partial charge in [-0.3, -0.25) is 14.4 Å². The Morgan fingerprint density at radius 3 is 2.27 bits per heavy atom. The number of carbonyl (C=O) groups is 1. The van der Waals surface area contributed by atoms with Crippen molar-refractivity contribution in [3.05, 3.63) is 60.0 Å². The standard InChI is InChI=1S/C35H39F3N4O2/c1-41-28(17-27(40-41)24-2-3-24)34-12-9-32(10-13-34,11-14-34)22-42(30(43)18-33-19-35(38,20-33)21-33)29-16-25(8-15-39-29)23-4-6-26(7-5-23)44-31(36)37/h4-8,15-17,24,31H,2-3,9-14,18-22H2,1H3. The molecule has 7 aliphatic carbocycles. The molecule has 6 nitrogen and oxygen atoms in total. The third kappa shape index (κ3) is 4.81. The summed E-state index contributed by atoms with van der Waals surface area (Å²) in [5.41, 5.74) is 3.21. The smallest absolute Gasteiger partial charge is 0.387 e. The van der Waals surface area contributed by atoms with Gasteiger partial charge in [0.05, 0.1) is 5.69 Å². The second kappa shape index (κ2) is 9.82. The van der Waals surface area contributed by atoms with Crippen LogP contribution in [0.3, 0.4) is 0 Å². The lowest BCUT2D eigenvalue weighted by atomic mass is 9.41. The van der Waals surface area contributed by atoms with Gasteiger partial charge in [-0.1, -0.05) is 12.1 Å². The molecule has 232 valence electrons. The van der Waals surface area contributed by atoms with E-state index < -0.39 is 12.3 Å². The second-order valence-electron chi connectivity index (χ2n) is 14.8. The fraction of sp³-hybridized carbons (Fsp3) is 0.571. The third-order valence-electron chi connectivity index (χ3n) is 11.7. The number of carbonyl (C=O) groups excluding carboxylic acids is 1. The summed E-state index contributed by atoms with van der Waals surface area (Å²) < 4.78 is 46.3. The molecule has 0 spiro atoms. The zero-order chi connectivity index (χ0) is 30.3. The van der Waals surface area contributed by atoms with E-state index in [1.165, 1.54) is 36.4 Å². The van der Waals surface area contributed by atoms with Gasteiger partial charge in [-0.05, 0) is 123 Å². The number of aromatic nitrogens is 3. The summed E-state index contributed by atoms with van der Waals surface area (Å²) in [6.07, 6.45) is 12.4. The van der Waals surface area contributed by atoms with Gasteiger partial charge < -0.3 is 4.74 Å². The van der Waals surface area contributed by atoms with Crippen LogP contribution in [0.1, 0.15) is 94.4 Å². The van der Waals surface area contributed by atoms with Crippen molar-refractivity contribution < 1.29 is 22.7 Å². The molecule has 1 aromatic carbocycles. The minimum absolute atomic E-state index is 0.0159. The van der Waals surface area contributed by atoms with Crippen molar-refractivity contribution in [1.82, 2.24) is 14.8 Å². The van der Waals surface area contributed by atoms with Crippen molar-refractivity contribution >= 4 is 11.7 Å². The van der Waals surface area contributed by atoms with Gasteiger partial charge in [-0.15, -0.1) is 0 Å². The van der Waals surface area contributed by atoms with Crippen LogP contribution < -0.4 is 9.64 Å². The molecular formula is C35H39F3N4O2. The highest BCUT2D eigenvalue weighted by molar-refractivity contribution is 5.94. The summed E-state index contributed by atoms with van der Waals surface area (Å²) in [6.45, 7) is -2.27. The lowest BCUT2D eigenvalue weighted by Crippen LogP contribution is -2.65. The molecule has 44 heavy (non-hydrogen) atoms. The molecule has 3 aromatic rings. The number of hydrogen-bond acceptors (Lipinski definition) is 4. The fourth-order valence-corrected chi connectivity index (χ4v) is 9.12. The Morgan fingerprint density at radius 1 is 0.977 bits per heavy atom. The number of ether oxygens (including phenoxy) is 1. The lowest BCUT2D eigenvalue weighted by molar-refractivity contribution is -0.215. The van der Waals surface area contributed by atoms with Gasteiger partial charge in [0, 0.05) is 43.2 Å². The van der Waals surface area contributed by atoms with Crippen molar-refractivity contribution in [1.29, 1.82) is 0 Å². The summed E-state index contributed by atoms with van der Waals surface area (Å²) in [5.74, 6) is 1.35. The largest absolute Gasteiger partial charge is 0.435 e. The summed E-state index contributed by atoms with van der Waals surface area (Å²) in [7, 11) is 2.09. The van der Waals surface area contributed by atoms with Crippen LogP contribution in [0, 0.1) is 10.8 Å². The van der Waals surface area contributed by atoms with Gasteiger partial charge in [-0.25, -0.2) is 9.37 Å². The van der Waals surface area contributed by atoms with Crippen LogP contribution >= 0.6 is 0 Å². The first-order valence-electron chi connectivity index (χ1n) is 16.1. The maximum Gasteiger partial charge on any atom is 0.387 e. The minimum Gasteiger partial charge on any atom is -0.435 e. The molecule has 4 bridgehead atoms. The average Bonchev–Trinajstić information content (AvgIpc) is 3.76. The molecule has 2 heterocycles. The zero-order valence-corrected chi connectivity index (χ0v) is 25.2. The molecule has 2 aromatic heterocycles. The first-order valence-corrected chi connectivity index (χ1v) is 16.1. The highest BCUT2D eigenvalue weighted by atomic mass is 19.3. The number of fused-ring (bicyclic) bond motifs is 3. The van der Waals surface area contributed by atoms with Gasteiger partial charge >= 0.3 is 6.61 Å². The number of alkyl halides is 3. The first kappa shape index (κ1) is 28.1. The zero-order valence-electron chi connectivity index (χ0n) is 25.2. The fourth-order valence-electron chi connectivity index (χ4n) is 9.12. The molecule has 7 fully saturated rings. The molecule has 0 atom stereocenters. The van der Waals surface area contributed by atoms with Gasteiger partial charge in [0.25, 0.3) is 0 Å². The normalized spacial score (nSPS) is 31.8. The first-order chi connectivity index (χ1) is 21.1. The molecule has 0 radical (unpaired) electrons. The summed E-state index contributed by atoms with van der Waals surface area (Å²) in [4.78, 5) is 20.7. The molecule has 7 aliphatic rings. The Kier molecular flexibility index (Phi) is 6.28. The molecule has 0 N–H and O–H groups in total. The van der Waals surface area contributed by atoms with E-state index in [4.69, 9.17) is 5.10 Å². The summed E-state index contributed by atoms with van der Waals surface area (Å²) in [5, 5.41) is 4.88. The third-order valence-corrected chi connectivity index (χ3v) is 11.7. The van der Waals surface area contributed by atoms with Crippen molar-refractivity contribution in [2.75, 3.05) is 11.4 Å². The van der Waals surface area contributed by atoms with E-state index >= 15 is 0 Å². The molecule has 0 unspecified atom stereocenters. The van der Waals surface area contributed by atoms with Crippen LogP contribution in [-0.2, 0) is 17.3 Å². The predicted molar refractivity (Wildman–Crippen MR) is 160 cm³/mol. The maximum absolute atomic E-state index is 14.4. The number of halogens is 3. The Balaban J connectivity index is 1.04. The second-order valence-corrected chi connectivity index (χ2v) is 14.8. The van der Waals surface area contributed by atoms with E-state index in [-0.39, 0.29) is 27.9 Å². The maximum atomic E-state index is 14.4. The number of benzene rings is 1. The Bertz CT molecular complexity index is 1550. The number of amides is 1. The SMILES string of the molecule is Cn1nc(C2CC2)cc1C12CCC(CN(C(=O)CC34CC(F)(C3)C4)c3cc(-c4ccc(OC(F)F)cc4)ccn3)(CC1)CC2. The molecule has 0 saturated heterocycles. The molecular weight excluding hydrogens is 565 g/mol. The van der Waals surface area contributed by atoms with Crippen LogP contribution in [0.2, 0.25) is 0 Å². The molecule has 1 amide bonds. The van der Waals surface area contributed by atoms with Gasteiger partial charge in [0.1, 0.15) is 17.2 Å². The van der Waals surface area contributed by atoms with E-state index in [2.05, 4.69) is 27.5 Å². The number of aryl methyl sites for hydroxylation is 1. The number of nitrogens with zero attached hydrogens (tertiary/aromatic N) is 4. The minimum atomic E-state index is -2.88. The summed E-state index contributed by atoms with van der Waals surface area (Å²) in [6, 6.07) is 12.7. The van der Waals surface area contributed by atoms with Crippen molar-refractivity contribution in [2.24, 2.45) is 17.9 Å². The van der Waals surface area contributed by atoms with Gasteiger partial charge in [0.2, 0.25) is 5.91 Å². The Hall–Kier alpha value is -3.36. The number of anilines is 1. The van der Waals surface area contributed by atoms with E-state index in [0.717, 1.165) is 49.7 Å². The van der Waals surface area contributed by atoms with Crippen LogP contribution in [0.4, 0.5) is 19.0 Å². The van der Waals surface area contributed by atoms with Crippen molar-refractivity contribution in [3.8, 4) is 16.9 Å². The molecule has 0 aliphatic heterocycles. The van der Waals surface area contributed by atoms with E-state index in [9.17, 15) is 18.0 Å². The number of pyridine rings is 1.